The molecule has 0 spiro atoms. The van der Waals surface area contributed by atoms with Gasteiger partial charge in [-0.2, -0.15) is 5.10 Å². The third-order valence-electron chi connectivity index (χ3n) is 6.63. The molecule has 1 aliphatic rings. The minimum atomic E-state index is -0.753. The molecule has 1 fully saturated rings. The lowest BCUT2D eigenvalue weighted by molar-refractivity contribution is -0.143. The normalized spacial score (nSPS) is 17.6. The van der Waals surface area contributed by atoms with Crippen LogP contribution in [0.2, 0.25) is 0 Å². The first-order chi connectivity index (χ1) is 17.5. The van der Waals surface area contributed by atoms with Crippen molar-refractivity contribution in [2.24, 2.45) is 13.0 Å². The van der Waals surface area contributed by atoms with Crippen LogP contribution in [0.3, 0.4) is 0 Å². The van der Waals surface area contributed by atoms with E-state index < -0.39 is 5.97 Å². The third kappa shape index (κ3) is 5.27. The Hall–Kier alpha value is -4.07. The van der Waals surface area contributed by atoms with E-state index in [2.05, 4.69) is 10.1 Å². The number of aromatic nitrogens is 4. The maximum Gasteiger partial charge on any atom is 0.306 e. The maximum absolute atomic E-state index is 13.7. The van der Waals surface area contributed by atoms with Gasteiger partial charge in [0.15, 0.2) is 0 Å². The molecule has 5 rings (SSSR count). The van der Waals surface area contributed by atoms with E-state index in [4.69, 9.17) is 9.72 Å². The topological polar surface area (TPSA) is 90.1 Å². The molecule has 0 unspecified atom stereocenters. The summed E-state index contributed by atoms with van der Waals surface area (Å²) in [4.78, 5) is 20.7. The van der Waals surface area contributed by atoms with Crippen LogP contribution in [0.1, 0.15) is 37.1 Å². The molecule has 4 aromatic rings. The second-order valence-corrected chi connectivity index (χ2v) is 9.15. The van der Waals surface area contributed by atoms with Crippen molar-refractivity contribution in [2.75, 3.05) is 0 Å². The molecule has 0 saturated heterocycles. The lowest BCUT2D eigenvalue weighted by atomic mass is 9.87. The fraction of sp³-hybridized carbons (Fsp3) is 0.286. The van der Waals surface area contributed by atoms with Gasteiger partial charge >= 0.3 is 5.97 Å². The highest BCUT2D eigenvalue weighted by Gasteiger charge is 2.28. The third-order valence-corrected chi connectivity index (χ3v) is 6.63. The number of aliphatic carboxylic acids is 1. The molecular formula is C28H27FN4O3. The molecule has 36 heavy (non-hydrogen) atoms. The SMILES string of the molecule is Cn1ncc(-c2ccc(O[C@H]3CCC[C@H](C(=O)O)C3)cn2)c1Cc1cccc(-c2cccc(F)c2)n1. The number of hydrogen-bond acceptors (Lipinski definition) is 5. The minimum Gasteiger partial charge on any atom is -0.489 e. The molecular weight excluding hydrogens is 459 g/mol. The molecule has 0 amide bonds. The van der Waals surface area contributed by atoms with Crippen molar-refractivity contribution in [3.8, 4) is 28.3 Å². The predicted octanol–water partition coefficient (Wildman–Crippen LogP) is 5.30. The van der Waals surface area contributed by atoms with E-state index in [0.717, 1.165) is 41.1 Å². The van der Waals surface area contributed by atoms with Gasteiger partial charge in [-0.05, 0) is 62.1 Å². The van der Waals surface area contributed by atoms with E-state index in [1.165, 1.54) is 12.1 Å². The maximum atomic E-state index is 13.7. The van der Waals surface area contributed by atoms with Crippen LogP contribution in [0.15, 0.2) is 67.0 Å². The van der Waals surface area contributed by atoms with Gasteiger partial charge in [0.1, 0.15) is 11.6 Å². The van der Waals surface area contributed by atoms with Crippen molar-refractivity contribution in [3.63, 3.8) is 0 Å². The van der Waals surface area contributed by atoms with Gasteiger partial charge < -0.3 is 9.84 Å². The van der Waals surface area contributed by atoms with Gasteiger partial charge in [0.25, 0.3) is 0 Å². The minimum absolute atomic E-state index is 0.113. The van der Waals surface area contributed by atoms with Gasteiger partial charge in [0.05, 0.1) is 41.5 Å². The van der Waals surface area contributed by atoms with E-state index >= 15 is 0 Å². The first kappa shape index (κ1) is 23.7. The van der Waals surface area contributed by atoms with Gasteiger partial charge in [-0.15, -0.1) is 0 Å². The van der Waals surface area contributed by atoms with E-state index in [9.17, 15) is 14.3 Å². The second-order valence-electron chi connectivity index (χ2n) is 9.15. The predicted molar refractivity (Wildman–Crippen MR) is 133 cm³/mol. The Morgan fingerprint density at radius 1 is 1.11 bits per heavy atom. The molecule has 2 atom stereocenters. The number of halogens is 1. The number of carboxylic acids is 1. The molecule has 184 valence electrons. The summed E-state index contributed by atoms with van der Waals surface area (Å²) in [7, 11) is 1.88. The van der Waals surface area contributed by atoms with Crippen molar-refractivity contribution in [3.05, 3.63) is 84.2 Å². The quantitative estimate of drug-likeness (QED) is 0.381. The lowest BCUT2D eigenvalue weighted by Gasteiger charge is -2.27. The average molecular weight is 487 g/mol. The zero-order valence-electron chi connectivity index (χ0n) is 20.0. The number of aryl methyl sites for hydroxylation is 1. The van der Waals surface area contributed by atoms with Crippen molar-refractivity contribution in [1.29, 1.82) is 0 Å². The molecule has 0 radical (unpaired) electrons. The fourth-order valence-corrected chi connectivity index (χ4v) is 4.72. The van der Waals surface area contributed by atoms with Crippen LogP contribution in [0.5, 0.6) is 5.75 Å². The highest BCUT2D eigenvalue weighted by atomic mass is 19.1. The molecule has 0 aliphatic heterocycles. The first-order valence-corrected chi connectivity index (χ1v) is 12.0. The van der Waals surface area contributed by atoms with Crippen LogP contribution < -0.4 is 4.74 Å². The molecule has 3 heterocycles. The summed E-state index contributed by atoms with van der Waals surface area (Å²) in [5.41, 5.74) is 4.89. The van der Waals surface area contributed by atoms with E-state index in [0.29, 0.717) is 30.7 Å². The van der Waals surface area contributed by atoms with Crippen LogP contribution in [-0.2, 0) is 18.3 Å². The monoisotopic (exact) mass is 486 g/mol. The van der Waals surface area contributed by atoms with E-state index in [-0.39, 0.29) is 17.8 Å². The van der Waals surface area contributed by atoms with Gasteiger partial charge in [-0.3, -0.25) is 19.4 Å². The molecule has 1 N–H and O–H groups in total. The van der Waals surface area contributed by atoms with Crippen LogP contribution in [0, 0.1) is 11.7 Å². The summed E-state index contributed by atoms with van der Waals surface area (Å²) in [6.07, 6.45) is 6.81. The second kappa shape index (κ2) is 10.3. The average Bonchev–Trinajstić information content (AvgIpc) is 3.24. The molecule has 8 heteroatoms. The highest BCUT2D eigenvalue weighted by molar-refractivity contribution is 5.70. The summed E-state index contributed by atoms with van der Waals surface area (Å²) < 4.78 is 21.5. The number of carboxylic acid groups (broad SMARTS) is 1. The molecule has 3 aromatic heterocycles. The van der Waals surface area contributed by atoms with E-state index in [1.54, 1.807) is 18.5 Å². The standard InChI is InChI=1S/C28H27FN4O3/c1-33-27(15-21-8-4-10-25(32-21)18-5-2-7-20(29)13-18)24(17-31-33)26-12-11-23(16-30-26)36-22-9-3-6-19(14-22)28(34)35/h2,4-5,7-8,10-13,16-17,19,22H,3,6,9,14-15H2,1H3,(H,34,35)/t19-,22-/m0/s1. The molecule has 1 aromatic carbocycles. The number of carbonyl (C=O) groups is 1. The Kier molecular flexibility index (Phi) is 6.75. The van der Waals surface area contributed by atoms with Crippen LogP contribution in [0.25, 0.3) is 22.5 Å². The van der Waals surface area contributed by atoms with Gasteiger partial charge in [0.2, 0.25) is 0 Å². The number of ether oxygens (including phenoxy) is 1. The van der Waals surface area contributed by atoms with Crippen LogP contribution in [0.4, 0.5) is 4.39 Å². The number of nitrogens with zero attached hydrogens (tertiary/aromatic N) is 4. The Balaban J connectivity index is 1.33. The van der Waals surface area contributed by atoms with Gasteiger partial charge in [-0.1, -0.05) is 18.2 Å². The first-order valence-electron chi connectivity index (χ1n) is 12.0. The van der Waals surface area contributed by atoms with Gasteiger partial charge in [0, 0.05) is 30.3 Å². The number of pyridine rings is 2. The van der Waals surface area contributed by atoms with Gasteiger partial charge in [-0.25, -0.2) is 4.39 Å². The highest BCUT2D eigenvalue weighted by Crippen LogP contribution is 2.30. The molecule has 0 bridgehead atoms. The number of rotatable bonds is 7. The Morgan fingerprint density at radius 3 is 2.75 bits per heavy atom. The van der Waals surface area contributed by atoms with Crippen molar-refractivity contribution in [2.45, 2.75) is 38.2 Å². The Morgan fingerprint density at radius 2 is 1.97 bits per heavy atom. The smallest absolute Gasteiger partial charge is 0.306 e. The zero-order valence-corrected chi connectivity index (χ0v) is 20.0. The summed E-state index contributed by atoms with van der Waals surface area (Å²) in [6, 6.07) is 15.9. The molecule has 1 aliphatic carbocycles. The summed E-state index contributed by atoms with van der Waals surface area (Å²) in [5, 5.41) is 13.7. The Bertz CT molecular complexity index is 1370. The molecule has 7 nitrogen and oxygen atoms in total. The van der Waals surface area contributed by atoms with Crippen molar-refractivity contribution < 1.29 is 19.0 Å². The van der Waals surface area contributed by atoms with E-state index in [1.807, 2.05) is 48.1 Å². The summed E-state index contributed by atoms with van der Waals surface area (Å²) >= 11 is 0. The largest absolute Gasteiger partial charge is 0.489 e. The fourth-order valence-electron chi connectivity index (χ4n) is 4.72. The summed E-state index contributed by atoms with van der Waals surface area (Å²) in [5.74, 6) is -0.763. The van der Waals surface area contributed by atoms with Crippen LogP contribution in [-0.4, -0.2) is 36.9 Å². The zero-order chi connectivity index (χ0) is 25.1. The Labute approximate surface area is 208 Å². The number of benzene rings is 1. The summed E-state index contributed by atoms with van der Waals surface area (Å²) in [6.45, 7) is 0. The molecule has 1 saturated carbocycles. The lowest BCUT2D eigenvalue weighted by Crippen LogP contribution is -2.29. The van der Waals surface area contributed by atoms with Crippen molar-refractivity contribution in [1.82, 2.24) is 19.7 Å². The van der Waals surface area contributed by atoms with Crippen molar-refractivity contribution >= 4 is 5.97 Å². The number of hydrogen-bond donors (Lipinski definition) is 1. The van der Waals surface area contributed by atoms with Crippen LogP contribution >= 0.6 is 0 Å².